The first-order valence-electron chi connectivity index (χ1n) is 6.99. The van der Waals surface area contributed by atoms with Gasteiger partial charge in [-0.2, -0.15) is 0 Å². The zero-order valence-corrected chi connectivity index (χ0v) is 12.3. The first-order chi connectivity index (χ1) is 8.69. The number of nitrogens with one attached hydrogen (secondary N) is 1. The summed E-state index contributed by atoms with van der Waals surface area (Å²) in [6.45, 7) is 9.58. The van der Waals surface area contributed by atoms with Crippen LogP contribution in [-0.4, -0.2) is 29.6 Å². The summed E-state index contributed by atoms with van der Waals surface area (Å²) in [4.78, 5) is 11.1. The number of rotatable bonds is 7. The highest BCUT2D eigenvalue weighted by atomic mass is 15.2. The van der Waals surface area contributed by atoms with Gasteiger partial charge in [0.2, 0.25) is 0 Å². The molecule has 0 bridgehead atoms. The molecule has 4 heteroatoms. The van der Waals surface area contributed by atoms with Gasteiger partial charge in [0.1, 0.15) is 18.0 Å². The van der Waals surface area contributed by atoms with E-state index in [2.05, 4.69) is 54.9 Å². The molecule has 0 atom stereocenters. The van der Waals surface area contributed by atoms with Crippen LogP contribution in [0.2, 0.25) is 0 Å². The maximum Gasteiger partial charge on any atom is 0.137 e. The molecule has 0 amide bonds. The molecule has 18 heavy (non-hydrogen) atoms. The van der Waals surface area contributed by atoms with Crippen LogP contribution in [0.5, 0.6) is 0 Å². The monoisotopic (exact) mass is 250 g/mol. The Morgan fingerprint density at radius 1 is 1.17 bits per heavy atom. The van der Waals surface area contributed by atoms with Crippen LogP contribution < -0.4 is 10.2 Å². The van der Waals surface area contributed by atoms with Crippen molar-refractivity contribution in [3.05, 3.63) is 11.9 Å². The molecule has 0 aliphatic carbocycles. The topological polar surface area (TPSA) is 41.1 Å². The first kappa shape index (κ1) is 14.7. The Balaban J connectivity index is 3.10. The molecule has 0 saturated carbocycles. The summed E-state index contributed by atoms with van der Waals surface area (Å²) < 4.78 is 0. The van der Waals surface area contributed by atoms with Crippen LogP contribution in [0.25, 0.3) is 0 Å². The number of aromatic nitrogens is 2. The van der Waals surface area contributed by atoms with E-state index in [0.717, 1.165) is 37.4 Å². The summed E-state index contributed by atoms with van der Waals surface area (Å²) in [7, 11) is 2.13. The Morgan fingerprint density at radius 2 is 1.83 bits per heavy atom. The zero-order valence-electron chi connectivity index (χ0n) is 12.3. The van der Waals surface area contributed by atoms with Crippen LogP contribution in [0.1, 0.15) is 46.1 Å². The number of anilines is 2. The highest BCUT2D eigenvalue weighted by molar-refractivity contribution is 5.58. The van der Waals surface area contributed by atoms with Gasteiger partial charge in [-0.05, 0) is 26.2 Å². The van der Waals surface area contributed by atoms with Crippen molar-refractivity contribution in [3.8, 4) is 0 Å². The van der Waals surface area contributed by atoms with Crippen molar-refractivity contribution in [2.24, 2.45) is 0 Å². The van der Waals surface area contributed by atoms with E-state index in [9.17, 15) is 0 Å². The molecule has 1 aromatic rings. The molecule has 1 aromatic heterocycles. The van der Waals surface area contributed by atoms with Crippen molar-refractivity contribution < 1.29 is 0 Å². The van der Waals surface area contributed by atoms with Crippen LogP contribution in [-0.2, 0) is 6.42 Å². The van der Waals surface area contributed by atoms with Gasteiger partial charge in [-0.15, -0.1) is 0 Å². The Labute approximate surface area is 111 Å². The third kappa shape index (κ3) is 3.12. The lowest BCUT2D eigenvalue weighted by Gasteiger charge is -2.29. The SMILES string of the molecule is CCNc1ncnc(N(C)C(CC)CC)c1CC. The first-order valence-corrected chi connectivity index (χ1v) is 6.99. The minimum Gasteiger partial charge on any atom is -0.370 e. The van der Waals surface area contributed by atoms with E-state index in [0.29, 0.717) is 6.04 Å². The number of hydrogen-bond acceptors (Lipinski definition) is 4. The van der Waals surface area contributed by atoms with Crippen molar-refractivity contribution in [2.45, 2.75) is 53.0 Å². The molecule has 0 aliphatic heterocycles. The fraction of sp³-hybridized carbons (Fsp3) is 0.714. The molecular formula is C14H26N4. The van der Waals surface area contributed by atoms with E-state index >= 15 is 0 Å². The van der Waals surface area contributed by atoms with Crippen LogP contribution in [0.4, 0.5) is 11.6 Å². The van der Waals surface area contributed by atoms with Crippen LogP contribution in [0.15, 0.2) is 6.33 Å². The molecular weight excluding hydrogens is 224 g/mol. The summed E-state index contributed by atoms with van der Waals surface area (Å²) in [5.41, 5.74) is 1.22. The molecule has 0 aromatic carbocycles. The van der Waals surface area contributed by atoms with Gasteiger partial charge >= 0.3 is 0 Å². The van der Waals surface area contributed by atoms with Gasteiger partial charge in [0.15, 0.2) is 0 Å². The fourth-order valence-electron chi connectivity index (χ4n) is 2.36. The Kier molecular flexibility index (Phi) is 5.89. The van der Waals surface area contributed by atoms with Gasteiger partial charge in [-0.25, -0.2) is 9.97 Å². The number of hydrogen-bond donors (Lipinski definition) is 1. The van der Waals surface area contributed by atoms with Gasteiger partial charge in [0.05, 0.1) is 0 Å². The van der Waals surface area contributed by atoms with Crippen molar-refractivity contribution in [1.29, 1.82) is 0 Å². The standard InChI is InChI=1S/C14H26N4/c1-6-11(7-2)18(5)14-12(8-3)13(15-9-4)16-10-17-14/h10-11H,6-9H2,1-5H3,(H,15,16,17). The van der Waals surface area contributed by atoms with E-state index in [1.54, 1.807) is 6.33 Å². The lowest BCUT2D eigenvalue weighted by molar-refractivity contribution is 0.584. The second kappa shape index (κ2) is 7.19. The molecule has 0 radical (unpaired) electrons. The lowest BCUT2D eigenvalue weighted by atomic mass is 10.1. The second-order valence-corrected chi connectivity index (χ2v) is 4.49. The van der Waals surface area contributed by atoms with E-state index in [-0.39, 0.29) is 0 Å². The average Bonchev–Trinajstić information content (AvgIpc) is 2.40. The number of nitrogens with zero attached hydrogens (tertiary/aromatic N) is 3. The van der Waals surface area contributed by atoms with Crippen molar-refractivity contribution in [2.75, 3.05) is 23.8 Å². The summed E-state index contributed by atoms with van der Waals surface area (Å²) >= 11 is 0. The normalized spacial score (nSPS) is 10.8. The largest absolute Gasteiger partial charge is 0.370 e. The summed E-state index contributed by atoms with van der Waals surface area (Å²) in [6, 6.07) is 0.541. The van der Waals surface area contributed by atoms with Gasteiger partial charge < -0.3 is 10.2 Å². The smallest absolute Gasteiger partial charge is 0.137 e. The molecule has 0 aliphatic rings. The third-order valence-electron chi connectivity index (χ3n) is 3.44. The van der Waals surface area contributed by atoms with Gasteiger partial charge in [0.25, 0.3) is 0 Å². The fourth-order valence-corrected chi connectivity index (χ4v) is 2.36. The minimum atomic E-state index is 0.541. The van der Waals surface area contributed by atoms with E-state index in [4.69, 9.17) is 0 Å². The summed E-state index contributed by atoms with van der Waals surface area (Å²) in [6.07, 6.45) is 4.88. The van der Waals surface area contributed by atoms with Gasteiger partial charge in [-0.1, -0.05) is 20.8 Å². The zero-order chi connectivity index (χ0) is 13.5. The predicted molar refractivity (Wildman–Crippen MR) is 78.3 cm³/mol. The Morgan fingerprint density at radius 3 is 2.33 bits per heavy atom. The van der Waals surface area contributed by atoms with Gasteiger partial charge in [0, 0.05) is 25.2 Å². The minimum absolute atomic E-state index is 0.541. The van der Waals surface area contributed by atoms with Crippen molar-refractivity contribution in [1.82, 2.24) is 9.97 Å². The highest BCUT2D eigenvalue weighted by Gasteiger charge is 2.17. The molecule has 0 spiro atoms. The van der Waals surface area contributed by atoms with Crippen LogP contribution in [0, 0.1) is 0 Å². The van der Waals surface area contributed by atoms with E-state index in [1.807, 2.05) is 0 Å². The maximum atomic E-state index is 4.48. The van der Waals surface area contributed by atoms with Crippen molar-refractivity contribution >= 4 is 11.6 Å². The van der Waals surface area contributed by atoms with Crippen LogP contribution >= 0.6 is 0 Å². The van der Waals surface area contributed by atoms with E-state index in [1.165, 1.54) is 5.56 Å². The average molecular weight is 250 g/mol. The molecule has 1 rings (SSSR count). The summed E-state index contributed by atoms with van der Waals surface area (Å²) in [5, 5.41) is 3.32. The molecule has 1 N–H and O–H groups in total. The molecule has 0 saturated heterocycles. The Bertz CT molecular complexity index is 361. The predicted octanol–water partition coefficient (Wildman–Crippen LogP) is 3.10. The quantitative estimate of drug-likeness (QED) is 0.807. The Hall–Kier alpha value is -1.32. The summed E-state index contributed by atoms with van der Waals surface area (Å²) in [5.74, 6) is 2.04. The maximum absolute atomic E-state index is 4.48. The lowest BCUT2D eigenvalue weighted by Crippen LogP contribution is -2.32. The highest BCUT2D eigenvalue weighted by Crippen LogP contribution is 2.25. The molecule has 0 fully saturated rings. The van der Waals surface area contributed by atoms with Gasteiger partial charge in [-0.3, -0.25) is 0 Å². The van der Waals surface area contributed by atoms with E-state index < -0.39 is 0 Å². The van der Waals surface area contributed by atoms with Crippen LogP contribution in [0.3, 0.4) is 0 Å². The molecule has 0 unspecified atom stereocenters. The molecule has 102 valence electrons. The van der Waals surface area contributed by atoms with Crippen molar-refractivity contribution in [3.63, 3.8) is 0 Å². The third-order valence-corrected chi connectivity index (χ3v) is 3.44. The second-order valence-electron chi connectivity index (χ2n) is 4.49. The molecule has 1 heterocycles. The molecule has 4 nitrogen and oxygen atoms in total.